The third kappa shape index (κ3) is 3.54. The standard InChI is InChI=1S/C13H15ClN4O/c1-8(2)19-13-17-11(16-12(15-3)18-13)9-4-6-10(14)7-5-9/h4-8H,1-3H3,(H,15,16,17,18). The average Bonchev–Trinajstić information content (AvgIpc) is 2.38. The van der Waals surface area contributed by atoms with Crippen molar-refractivity contribution in [3.8, 4) is 17.4 Å². The SMILES string of the molecule is CNc1nc(OC(C)C)nc(-c2ccc(Cl)cc2)n1. The second-order valence-electron chi connectivity index (χ2n) is 4.19. The summed E-state index contributed by atoms with van der Waals surface area (Å²) in [6.07, 6.45) is 0.00479. The summed E-state index contributed by atoms with van der Waals surface area (Å²) in [6.45, 7) is 3.84. The summed E-state index contributed by atoms with van der Waals surface area (Å²) in [4.78, 5) is 12.8. The summed E-state index contributed by atoms with van der Waals surface area (Å²) < 4.78 is 5.51. The number of halogens is 1. The normalized spacial score (nSPS) is 10.6. The zero-order chi connectivity index (χ0) is 13.8. The molecule has 0 aliphatic rings. The fraction of sp³-hybridized carbons (Fsp3) is 0.308. The maximum Gasteiger partial charge on any atom is 0.322 e. The highest BCUT2D eigenvalue weighted by molar-refractivity contribution is 6.30. The van der Waals surface area contributed by atoms with Crippen molar-refractivity contribution >= 4 is 17.5 Å². The minimum atomic E-state index is 0.00479. The number of rotatable bonds is 4. The molecule has 0 amide bonds. The van der Waals surface area contributed by atoms with Crippen LogP contribution in [0, 0.1) is 0 Å². The summed E-state index contributed by atoms with van der Waals surface area (Å²) in [5.41, 5.74) is 0.858. The fourth-order valence-electron chi connectivity index (χ4n) is 1.46. The largest absolute Gasteiger partial charge is 0.461 e. The van der Waals surface area contributed by atoms with Crippen molar-refractivity contribution in [3.63, 3.8) is 0 Å². The van der Waals surface area contributed by atoms with Gasteiger partial charge in [0.05, 0.1) is 6.10 Å². The van der Waals surface area contributed by atoms with Crippen molar-refractivity contribution in [2.45, 2.75) is 20.0 Å². The first-order valence-corrected chi connectivity index (χ1v) is 6.32. The molecule has 1 heterocycles. The molecule has 0 saturated heterocycles. The molecular formula is C13H15ClN4O. The van der Waals surface area contributed by atoms with Crippen molar-refractivity contribution in [1.82, 2.24) is 15.0 Å². The number of aromatic nitrogens is 3. The third-order valence-corrected chi connectivity index (χ3v) is 2.53. The van der Waals surface area contributed by atoms with E-state index < -0.39 is 0 Å². The maximum atomic E-state index is 5.87. The molecule has 19 heavy (non-hydrogen) atoms. The van der Waals surface area contributed by atoms with Gasteiger partial charge in [-0.15, -0.1) is 0 Å². The van der Waals surface area contributed by atoms with Gasteiger partial charge in [-0.2, -0.15) is 15.0 Å². The first kappa shape index (κ1) is 13.5. The molecule has 0 aliphatic heterocycles. The van der Waals surface area contributed by atoms with E-state index in [1.54, 1.807) is 19.2 Å². The Morgan fingerprint density at radius 2 is 1.79 bits per heavy atom. The van der Waals surface area contributed by atoms with Crippen LogP contribution < -0.4 is 10.1 Å². The molecule has 0 spiro atoms. The molecule has 0 bridgehead atoms. The van der Waals surface area contributed by atoms with Gasteiger partial charge in [0, 0.05) is 17.6 Å². The van der Waals surface area contributed by atoms with Gasteiger partial charge in [0.2, 0.25) is 5.95 Å². The van der Waals surface area contributed by atoms with Crippen LogP contribution >= 0.6 is 11.6 Å². The molecule has 0 fully saturated rings. The number of nitrogens with zero attached hydrogens (tertiary/aromatic N) is 3. The van der Waals surface area contributed by atoms with E-state index in [-0.39, 0.29) is 6.10 Å². The topological polar surface area (TPSA) is 59.9 Å². The monoisotopic (exact) mass is 278 g/mol. The molecule has 1 aromatic heterocycles. The maximum absolute atomic E-state index is 5.87. The van der Waals surface area contributed by atoms with Gasteiger partial charge >= 0.3 is 6.01 Å². The van der Waals surface area contributed by atoms with Crippen LogP contribution in [0.15, 0.2) is 24.3 Å². The van der Waals surface area contributed by atoms with E-state index in [1.807, 2.05) is 26.0 Å². The van der Waals surface area contributed by atoms with Crippen LogP contribution in [-0.4, -0.2) is 28.1 Å². The Hall–Kier alpha value is -1.88. The molecule has 1 N–H and O–H groups in total. The first-order chi connectivity index (χ1) is 9.08. The number of hydrogen-bond acceptors (Lipinski definition) is 5. The highest BCUT2D eigenvalue weighted by Crippen LogP contribution is 2.21. The van der Waals surface area contributed by atoms with E-state index in [1.165, 1.54) is 0 Å². The van der Waals surface area contributed by atoms with Crippen molar-refractivity contribution in [2.24, 2.45) is 0 Å². The lowest BCUT2D eigenvalue weighted by atomic mass is 10.2. The van der Waals surface area contributed by atoms with Crippen LogP contribution in [0.25, 0.3) is 11.4 Å². The van der Waals surface area contributed by atoms with Gasteiger partial charge in [0.25, 0.3) is 0 Å². The van der Waals surface area contributed by atoms with Crippen LogP contribution in [0.4, 0.5) is 5.95 Å². The lowest BCUT2D eigenvalue weighted by molar-refractivity contribution is 0.222. The van der Waals surface area contributed by atoms with Gasteiger partial charge in [-0.25, -0.2) is 0 Å². The molecule has 0 radical (unpaired) electrons. The van der Waals surface area contributed by atoms with E-state index in [9.17, 15) is 0 Å². The van der Waals surface area contributed by atoms with Crippen LogP contribution in [-0.2, 0) is 0 Å². The molecule has 100 valence electrons. The number of benzene rings is 1. The summed E-state index contributed by atoms with van der Waals surface area (Å²) in [6, 6.07) is 7.61. The first-order valence-electron chi connectivity index (χ1n) is 5.95. The summed E-state index contributed by atoms with van der Waals surface area (Å²) >= 11 is 5.87. The van der Waals surface area contributed by atoms with Gasteiger partial charge in [-0.05, 0) is 38.1 Å². The van der Waals surface area contributed by atoms with Crippen LogP contribution in [0.2, 0.25) is 5.02 Å². The van der Waals surface area contributed by atoms with Gasteiger partial charge in [0.15, 0.2) is 5.82 Å². The van der Waals surface area contributed by atoms with Crippen molar-refractivity contribution < 1.29 is 4.74 Å². The van der Waals surface area contributed by atoms with Gasteiger partial charge in [-0.3, -0.25) is 0 Å². The summed E-state index contributed by atoms with van der Waals surface area (Å²) in [5.74, 6) is 1.02. The van der Waals surface area contributed by atoms with Crippen molar-refractivity contribution in [1.29, 1.82) is 0 Å². The smallest absolute Gasteiger partial charge is 0.322 e. The second-order valence-corrected chi connectivity index (χ2v) is 4.63. The average molecular weight is 279 g/mol. The Balaban J connectivity index is 2.41. The van der Waals surface area contributed by atoms with Crippen LogP contribution in [0.3, 0.4) is 0 Å². The van der Waals surface area contributed by atoms with Crippen molar-refractivity contribution in [2.75, 3.05) is 12.4 Å². The number of ether oxygens (including phenoxy) is 1. The quantitative estimate of drug-likeness (QED) is 0.931. The molecule has 0 unspecified atom stereocenters. The predicted octanol–water partition coefficient (Wildman–Crippen LogP) is 3.02. The Labute approximate surface area is 117 Å². The van der Waals surface area contributed by atoms with E-state index >= 15 is 0 Å². The molecule has 5 nitrogen and oxygen atoms in total. The minimum Gasteiger partial charge on any atom is -0.461 e. The lowest BCUT2D eigenvalue weighted by Crippen LogP contribution is -2.11. The molecule has 2 rings (SSSR count). The Morgan fingerprint density at radius 3 is 2.37 bits per heavy atom. The summed E-state index contributed by atoms with van der Waals surface area (Å²) in [7, 11) is 1.75. The predicted molar refractivity (Wildman–Crippen MR) is 75.6 cm³/mol. The van der Waals surface area contributed by atoms with Gasteiger partial charge in [-0.1, -0.05) is 11.6 Å². The van der Waals surface area contributed by atoms with Gasteiger partial charge < -0.3 is 10.1 Å². The van der Waals surface area contributed by atoms with E-state index in [2.05, 4.69) is 20.3 Å². The molecule has 2 aromatic rings. The fourth-order valence-corrected chi connectivity index (χ4v) is 1.59. The van der Waals surface area contributed by atoms with Crippen LogP contribution in [0.1, 0.15) is 13.8 Å². The highest BCUT2D eigenvalue weighted by Gasteiger charge is 2.09. The Morgan fingerprint density at radius 1 is 1.11 bits per heavy atom. The minimum absolute atomic E-state index is 0.00479. The van der Waals surface area contributed by atoms with Crippen molar-refractivity contribution in [3.05, 3.63) is 29.3 Å². The number of anilines is 1. The Kier molecular flexibility index (Phi) is 4.16. The molecule has 1 aromatic carbocycles. The summed E-state index contributed by atoms with van der Waals surface area (Å²) in [5, 5.41) is 3.57. The highest BCUT2D eigenvalue weighted by atomic mass is 35.5. The van der Waals surface area contributed by atoms with E-state index in [0.29, 0.717) is 22.8 Å². The third-order valence-electron chi connectivity index (χ3n) is 2.28. The molecule has 0 aliphatic carbocycles. The molecule has 6 heteroatoms. The lowest BCUT2D eigenvalue weighted by Gasteiger charge is -2.10. The van der Waals surface area contributed by atoms with E-state index in [0.717, 1.165) is 5.56 Å². The second kappa shape index (κ2) is 5.84. The van der Waals surface area contributed by atoms with Gasteiger partial charge in [0.1, 0.15) is 0 Å². The number of nitrogens with one attached hydrogen (secondary N) is 1. The molecule has 0 saturated carbocycles. The number of hydrogen-bond donors (Lipinski definition) is 1. The van der Waals surface area contributed by atoms with Crippen LogP contribution in [0.5, 0.6) is 6.01 Å². The zero-order valence-corrected chi connectivity index (χ0v) is 11.8. The molecule has 0 atom stereocenters. The molecular weight excluding hydrogens is 264 g/mol. The van der Waals surface area contributed by atoms with E-state index in [4.69, 9.17) is 16.3 Å². The Bertz CT molecular complexity index is 557. The zero-order valence-electron chi connectivity index (χ0n) is 11.0.